The lowest BCUT2D eigenvalue weighted by atomic mass is 10.1. The number of amides is 1. The van der Waals surface area contributed by atoms with Gasteiger partial charge in [-0.1, -0.05) is 29.0 Å². The average Bonchev–Trinajstić information content (AvgIpc) is 3.23. The molecule has 1 aliphatic heterocycles. The van der Waals surface area contributed by atoms with E-state index in [0.717, 1.165) is 19.3 Å². The first-order valence-electron chi connectivity index (χ1n) is 10.3. The van der Waals surface area contributed by atoms with E-state index in [1.54, 1.807) is 35.2 Å². The zero-order valence-electron chi connectivity index (χ0n) is 18.7. The minimum atomic E-state index is -3.48. The van der Waals surface area contributed by atoms with Gasteiger partial charge in [0.2, 0.25) is 0 Å². The second kappa shape index (κ2) is 11.2. The van der Waals surface area contributed by atoms with Crippen LogP contribution in [0.25, 0.3) is 10.2 Å². The maximum absolute atomic E-state index is 13.7. The standard InChI is InChI=1S/C22H24ClN3O5S2.ClH/c1-30-17-7-6-15(23)14-16(17)21(27)26(9-8-25-10-12-31-13-11-25)22-24-20-18(32-22)4-3-5-19(20)33(2,28)29;/h3-7,14H,8-13H2,1-2H3;1H. The maximum atomic E-state index is 13.7. The van der Waals surface area contributed by atoms with Gasteiger partial charge in [0, 0.05) is 37.5 Å². The third-order valence-electron chi connectivity index (χ3n) is 5.38. The Morgan fingerprint density at radius 2 is 2.00 bits per heavy atom. The number of nitrogens with zero attached hydrogens (tertiary/aromatic N) is 3. The van der Waals surface area contributed by atoms with E-state index < -0.39 is 9.84 Å². The van der Waals surface area contributed by atoms with Crippen molar-refractivity contribution in [3.8, 4) is 5.75 Å². The molecule has 3 aromatic rings. The number of thiazole rings is 1. The van der Waals surface area contributed by atoms with Crippen molar-refractivity contribution in [2.24, 2.45) is 0 Å². The molecule has 2 aromatic carbocycles. The highest BCUT2D eigenvalue weighted by atomic mass is 35.5. The number of hydrogen-bond acceptors (Lipinski definition) is 8. The average molecular weight is 546 g/mol. The molecular weight excluding hydrogens is 521 g/mol. The molecule has 34 heavy (non-hydrogen) atoms. The second-order valence-electron chi connectivity index (χ2n) is 7.63. The maximum Gasteiger partial charge on any atom is 0.263 e. The van der Waals surface area contributed by atoms with Crippen LogP contribution >= 0.6 is 35.3 Å². The highest BCUT2D eigenvalue weighted by Crippen LogP contribution is 2.34. The van der Waals surface area contributed by atoms with Crippen LogP contribution < -0.4 is 9.64 Å². The molecule has 0 spiro atoms. The molecule has 0 bridgehead atoms. The number of morpholine rings is 1. The number of para-hydroxylation sites is 1. The molecule has 1 fully saturated rings. The third kappa shape index (κ3) is 5.81. The minimum absolute atomic E-state index is 0. The number of fused-ring (bicyclic) bond motifs is 1. The van der Waals surface area contributed by atoms with E-state index in [1.807, 2.05) is 0 Å². The zero-order chi connectivity index (χ0) is 23.6. The molecule has 0 saturated carbocycles. The van der Waals surface area contributed by atoms with E-state index >= 15 is 0 Å². The summed E-state index contributed by atoms with van der Waals surface area (Å²) in [5.74, 6) is 0.0845. The van der Waals surface area contributed by atoms with E-state index in [2.05, 4.69) is 9.88 Å². The highest BCUT2D eigenvalue weighted by molar-refractivity contribution is 7.91. The molecule has 2 heterocycles. The summed E-state index contributed by atoms with van der Waals surface area (Å²) in [4.78, 5) is 22.2. The summed E-state index contributed by atoms with van der Waals surface area (Å²) < 4.78 is 36.0. The highest BCUT2D eigenvalue weighted by Gasteiger charge is 2.26. The first-order chi connectivity index (χ1) is 15.8. The van der Waals surface area contributed by atoms with Crippen LogP contribution in [0.3, 0.4) is 0 Å². The van der Waals surface area contributed by atoms with Crippen molar-refractivity contribution in [1.29, 1.82) is 0 Å². The van der Waals surface area contributed by atoms with Gasteiger partial charge in [-0.2, -0.15) is 0 Å². The predicted molar refractivity (Wildman–Crippen MR) is 137 cm³/mol. The summed E-state index contributed by atoms with van der Waals surface area (Å²) in [6.45, 7) is 3.83. The van der Waals surface area contributed by atoms with Crippen LogP contribution in [0, 0.1) is 0 Å². The molecule has 8 nitrogen and oxygen atoms in total. The Labute approximate surface area is 213 Å². The Kier molecular flexibility index (Phi) is 8.77. The molecule has 1 amide bonds. The summed E-state index contributed by atoms with van der Waals surface area (Å²) in [7, 11) is -1.98. The number of rotatable bonds is 7. The molecule has 0 unspecified atom stereocenters. The molecular formula is C22H25Cl2N3O5S2. The van der Waals surface area contributed by atoms with E-state index in [-0.39, 0.29) is 23.2 Å². The van der Waals surface area contributed by atoms with Gasteiger partial charge >= 0.3 is 0 Å². The number of aromatic nitrogens is 1. The predicted octanol–water partition coefficient (Wildman–Crippen LogP) is 3.76. The SMILES string of the molecule is COc1ccc(Cl)cc1C(=O)N(CCN1CCOCC1)c1nc2c(S(C)(=O)=O)cccc2s1.Cl. The fourth-order valence-electron chi connectivity index (χ4n) is 3.67. The van der Waals surface area contributed by atoms with Crippen molar-refractivity contribution in [1.82, 2.24) is 9.88 Å². The molecule has 12 heteroatoms. The largest absolute Gasteiger partial charge is 0.496 e. The first-order valence-corrected chi connectivity index (χ1v) is 13.4. The molecule has 4 rings (SSSR count). The van der Waals surface area contributed by atoms with Gasteiger partial charge in [-0.05, 0) is 30.3 Å². The Hall–Kier alpha value is -1.95. The Bertz CT molecular complexity index is 1280. The molecule has 184 valence electrons. The molecule has 1 saturated heterocycles. The van der Waals surface area contributed by atoms with Crippen molar-refractivity contribution in [3.63, 3.8) is 0 Å². The summed E-state index contributed by atoms with van der Waals surface area (Å²) >= 11 is 7.45. The number of halogens is 2. The van der Waals surface area contributed by atoms with Crippen molar-refractivity contribution >= 4 is 66.4 Å². The zero-order valence-corrected chi connectivity index (χ0v) is 21.9. The summed E-state index contributed by atoms with van der Waals surface area (Å²) in [5, 5.41) is 0.831. The van der Waals surface area contributed by atoms with Gasteiger partial charge in [-0.3, -0.25) is 14.6 Å². The molecule has 0 N–H and O–H groups in total. The van der Waals surface area contributed by atoms with Crippen LogP contribution in [0.5, 0.6) is 5.75 Å². The smallest absolute Gasteiger partial charge is 0.263 e. The number of sulfone groups is 1. The normalized spacial score (nSPS) is 14.6. The van der Waals surface area contributed by atoms with E-state index in [9.17, 15) is 13.2 Å². The molecule has 0 radical (unpaired) electrons. The van der Waals surface area contributed by atoms with Crippen molar-refractivity contribution in [2.45, 2.75) is 4.90 Å². The van der Waals surface area contributed by atoms with Crippen LogP contribution in [0.1, 0.15) is 10.4 Å². The van der Waals surface area contributed by atoms with Gasteiger partial charge in [0.15, 0.2) is 15.0 Å². The summed E-state index contributed by atoms with van der Waals surface area (Å²) in [5.41, 5.74) is 0.678. The third-order valence-corrected chi connectivity index (χ3v) is 7.79. The minimum Gasteiger partial charge on any atom is -0.496 e. The topological polar surface area (TPSA) is 89.0 Å². The van der Waals surface area contributed by atoms with E-state index in [0.29, 0.717) is 58.0 Å². The molecule has 0 atom stereocenters. The number of benzene rings is 2. The number of methoxy groups -OCH3 is 1. The van der Waals surface area contributed by atoms with Gasteiger partial charge in [0.05, 0.1) is 35.5 Å². The van der Waals surface area contributed by atoms with Gasteiger partial charge in [-0.25, -0.2) is 13.4 Å². The molecule has 1 aromatic heterocycles. The lowest BCUT2D eigenvalue weighted by Crippen LogP contribution is -2.43. The number of carbonyl (C=O) groups excluding carboxylic acids is 1. The number of ether oxygens (including phenoxy) is 2. The van der Waals surface area contributed by atoms with E-state index in [4.69, 9.17) is 21.1 Å². The van der Waals surface area contributed by atoms with Gasteiger partial charge in [-0.15, -0.1) is 12.4 Å². The lowest BCUT2D eigenvalue weighted by molar-refractivity contribution is 0.0391. The quantitative estimate of drug-likeness (QED) is 0.446. The monoisotopic (exact) mass is 545 g/mol. The fraction of sp³-hybridized carbons (Fsp3) is 0.364. The fourth-order valence-corrected chi connectivity index (χ4v) is 5.76. The molecule has 0 aliphatic carbocycles. The Morgan fingerprint density at radius 1 is 1.26 bits per heavy atom. The van der Waals surface area contributed by atoms with Crippen molar-refractivity contribution in [2.75, 3.05) is 57.7 Å². The van der Waals surface area contributed by atoms with Gasteiger partial charge < -0.3 is 9.47 Å². The van der Waals surface area contributed by atoms with Crippen molar-refractivity contribution < 1.29 is 22.7 Å². The number of anilines is 1. The van der Waals surface area contributed by atoms with Crippen LogP contribution in [-0.2, 0) is 14.6 Å². The van der Waals surface area contributed by atoms with Crippen LogP contribution in [0.4, 0.5) is 5.13 Å². The van der Waals surface area contributed by atoms with Crippen LogP contribution in [0.2, 0.25) is 5.02 Å². The summed E-state index contributed by atoms with van der Waals surface area (Å²) in [6, 6.07) is 9.89. The molecule has 1 aliphatic rings. The van der Waals surface area contributed by atoms with E-state index in [1.165, 1.54) is 24.5 Å². The second-order valence-corrected chi connectivity index (χ2v) is 11.1. The van der Waals surface area contributed by atoms with Crippen LogP contribution in [-0.4, -0.2) is 77.0 Å². The lowest BCUT2D eigenvalue weighted by Gasteiger charge is -2.29. The van der Waals surface area contributed by atoms with Gasteiger partial charge in [0.1, 0.15) is 11.3 Å². The van der Waals surface area contributed by atoms with Crippen LogP contribution in [0.15, 0.2) is 41.3 Å². The number of hydrogen-bond donors (Lipinski definition) is 0. The van der Waals surface area contributed by atoms with Crippen molar-refractivity contribution in [3.05, 3.63) is 47.0 Å². The number of carbonyl (C=O) groups is 1. The Balaban J connectivity index is 0.00000324. The summed E-state index contributed by atoms with van der Waals surface area (Å²) in [6.07, 6.45) is 1.15. The first kappa shape index (κ1) is 26.7. The Morgan fingerprint density at radius 3 is 2.68 bits per heavy atom. The van der Waals surface area contributed by atoms with Gasteiger partial charge in [0.25, 0.3) is 5.91 Å².